The summed E-state index contributed by atoms with van der Waals surface area (Å²) in [4.78, 5) is 21.5. The van der Waals surface area contributed by atoms with Crippen LogP contribution in [0.4, 0.5) is 5.69 Å². The van der Waals surface area contributed by atoms with Gasteiger partial charge in [-0.1, -0.05) is 68.4 Å². The molecule has 2 aromatic carbocycles. The van der Waals surface area contributed by atoms with Gasteiger partial charge in [-0.3, -0.25) is 4.79 Å². The molecular formula is C24H25N5OS. The lowest BCUT2D eigenvalue weighted by molar-refractivity contribution is -0.113. The Morgan fingerprint density at radius 2 is 1.81 bits per heavy atom. The van der Waals surface area contributed by atoms with Gasteiger partial charge in [-0.15, -0.1) is 0 Å². The molecule has 0 fully saturated rings. The van der Waals surface area contributed by atoms with Gasteiger partial charge in [-0.25, -0.2) is 14.6 Å². The maximum atomic E-state index is 12.7. The molecule has 1 amide bonds. The number of para-hydroxylation sites is 1. The van der Waals surface area contributed by atoms with E-state index in [9.17, 15) is 4.79 Å². The lowest BCUT2D eigenvalue weighted by Crippen LogP contribution is -2.19. The Balaban J connectivity index is 1.51. The highest BCUT2D eigenvalue weighted by Crippen LogP contribution is 2.30. The number of carbonyl (C=O) groups excluding carboxylic acids is 1. The van der Waals surface area contributed by atoms with Crippen LogP contribution in [0.3, 0.4) is 0 Å². The summed E-state index contributed by atoms with van der Waals surface area (Å²) in [5, 5.41) is 9.11. The quantitative estimate of drug-likeness (QED) is 0.349. The summed E-state index contributed by atoms with van der Waals surface area (Å²) in [6.07, 6.45) is 3.27. The Labute approximate surface area is 186 Å². The first-order valence-electron chi connectivity index (χ1n) is 10.1. The van der Waals surface area contributed by atoms with Gasteiger partial charge in [0.05, 0.1) is 23.0 Å². The molecule has 4 aromatic rings. The average molecular weight is 432 g/mol. The van der Waals surface area contributed by atoms with E-state index >= 15 is 0 Å². The second-order valence-corrected chi connectivity index (χ2v) is 9.40. The maximum Gasteiger partial charge on any atom is 0.234 e. The Morgan fingerprint density at radius 3 is 2.55 bits per heavy atom. The minimum Gasteiger partial charge on any atom is -0.325 e. The van der Waals surface area contributed by atoms with Crippen LogP contribution in [0.25, 0.3) is 16.7 Å². The van der Waals surface area contributed by atoms with Gasteiger partial charge in [0.25, 0.3) is 0 Å². The Kier molecular flexibility index (Phi) is 5.78. The fraction of sp³-hybridized carbons (Fsp3) is 0.250. The van der Waals surface area contributed by atoms with Crippen LogP contribution in [-0.2, 0) is 10.2 Å². The Hall–Kier alpha value is -3.19. The number of benzene rings is 2. The van der Waals surface area contributed by atoms with E-state index in [0.717, 1.165) is 33.0 Å². The predicted molar refractivity (Wildman–Crippen MR) is 126 cm³/mol. The summed E-state index contributed by atoms with van der Waals surface area (Å²) in [6.45, 7) is 8.45. The van der Waals surface area contributed by atoms with Gasteiger partial charge >= 0.3 is 0 Å². The number of nitrogens with zero attached hydrogens (tertiary/aromatic N) is 4. The number of amides is 1. The lowest BCUT2D eigenvalue weighted by Gasteiger charge is -2.22. The number of carbonyl (C=O) groups is 1. The number of nitrogens with one attached hydrogen (secondary N) is 1. The number of aryl methyl sites for hydroxylation is 1. The normalized spacial score (nSPS) is 11.6. The third-order valence-corrected chi connectivity index (χ3v) is 5.96. The van der Waals surface area contributed by atoms with Crippen LogP contribution < -0.4 is 5.32 Å². The van der Waals surface area contributed by atoms with Crippen molar-refractivity contribution in [2.75, 3.05) is 11.1 Å². The first-order valence-corrected chi connectivity index (χ1v) is 11.1. The molecule has 1 N–H and O–H groups in total. The second kappa shape index (κ2) is 8.51. The summed E-state index contributed by atoms with van der Waals surface area (Å²) in [5.41, 5.74) is 4.75. The monoisotopic (exact) mass is 431 g/mol. The van der Waals surface area contributed by atoms with Gasteiger partial charge in [-0.2, -0.15) is 5.10 Å². The van der Waals surface area contributed by atoms with Crippen molar-refractivity contribution in [3.8, 4) is 5.69 Å². The van der Waals surface area contributed by atoms with Crippen LogP contribution in [-0.4, -0.2) is 31.4 Å². The van der Waals surface area contributed by atoms with Crippen molar-refractivity contribution < 1.29 is 4.79 Å². The smallest absolute Gasteiger partial charge is 0.234 e. The van der Waals surface area contributed by atoms with E-state index in [1.807, 2.05) is 49.4 Å². The average Bonchev–Trinajstić information content (AvgIpc) is 3.17. The molecular weight excluding hydrogens is 406 g/mol. The van der Waals surface area contributed by atoms with E-state index in [2.05, 4.69) is 47.2 Å². The molecule has 0 bridgehead atoms. The first-order chi connectivity index (χ1) is 14.8. The lowest BCUT2D eigenvalue weighted by atomic mass is 9.86. The zero-order chi connectivity index (χ0) is 22.0. The van der Waals surface area contributed by atoms with Crippen LogP contribution in [0.15, 0.2) is 66.1 Å². The molecule has 0 unspecified atom stereocenters. The maximum absolute atomic E-state index is 12.7. The second-order valence-electron chi connectivity index (χ2n) is 8.44. The van der Waals surface area contributed by atoms with Crippen LogP contribution in [0, 0.1) is 6.92 Å². The fourth-order valence-electron chi connectivity index (χ4n) is 3.38. The standard InChI is InChI=1S/C24H25N5OS/c1-16-9-11-17(12-10-16)29-22-18(13-27-29)23(26-15-25-22)31-14-21(30)28-20-8-6-5-7-19(20)24(2,3)4/h5-13,15H,14H2,1-4H3,(H,28,30). The van der Waals surface area contributed by atoms with E-state index in [0.29, 0.717) is 0 Å². The van der Waals surface area contributed by atoms with Crippen molar-refractivity contribution in [3.63, 3.8) is 0 Å². The summed E-state index contributed by atoms with van der Waals surface area (Å²) < 4.78 is 1.79. The van der Waals surface area contributed by atoms with Crippen LogP contribution in [0.1, 0.15) is 31.9 Å². The van der Waals surface area contributed by atoms with Gasteiger partial charge < -0.3 is 5.32 Å². The highest BCUT2D eigenvalue weighted by Gasteiger charge is 2.19. The zero-order valence-corrected chi connectivity index (χ0v) is 18.9. The number of aromatic nitrogens is 4. The van der Waals surface area contributed by atoms with Crippen LogP contribution in [0.2, 0.25) is 0 Å². The highest BCUT2D eigenvalue weighted by molar-refractivity contribution is 8.00. The van der Waals surface area contributed by atoms with Crippen LogP contribution >= 0.6 is 11.8 Å². The molecule has 31 heavy (non-hydrogen) atoms. The minimum absolute atomic E-state index is 0.0552. The van der Waals surface area contributed by atoms with Gasteiger partial charge in [-0.05, 0) is 36.1 Å². The molecule has 2 heterocycles. The minimum atomic E-state index is -0.0700. The predicted octanol–water partition coefficient (Wildman–Crippen LogP) is 5.15. The van der Waals surface area contributed by atoms with Crippen molar-refractivity contribution in [1.82, 2.24) is 19.7 Å². The fourth-order valence-corrected chi connectivity index (χ4v) is 4.14. The topological polar surface area (TPSA) is 72.7 Å². The largest absolute Gasteiger partial charge is 0.325 e. The molecule has 0 saturated heterocycles. The van der Waals surface area contributed by atoms with Gasteiger partial charge in [0, 0.05) is 5.69 Å². The highest BCUT2D eigenvalue weighted by atomic mass is 32.2. The molecule has 0 atom stereocenters. The molecule has 0 aliphatic rings. The molecule has 0 aliphatic carbocycles. The number of fused-ring (bicyclic) bond motifs is 1. The molecule has 158 valence electrons. The van der Waals surface area contributed by atoms with Gasteiger partial charge in [0.15, 0.2) is 5.65 Å². The Morgan fingerprint density at radius 1 is 1.06 bits per heavy atom. The van der Waals surface area contributed by atoms with Crippen LogP contribution in [0.5, 0.6) is 0 Å². The first kappa shape index (κ1) is 21.1. The van der Waals surface area contributed by atoms with Crippen molar-refractivity contribution in [2.45, 2.75) is 38.1 Å². The third kappa shape index (κ3) is 4.61. The van der Waals surface area contributed by atoms with Crippen molar-refractivity contribution in [1.29, 1.82) is 0 Å². The molecule has 0 aliphatic heterocycles. The Bertz CT molecular complexity index is 1220. The van der Waals surface area contributed by atoms with E-state index in [1.54, 1.807) is 10.9 Å². The summed E-state index contributed by atoms with van der Waals surface area (Å²) in [6, 6.07) is 16.0. The molecule has 4 rings (SSSR count). The third-order valence-electron chi connectivity index (χ3n) is 4.96. The molecule has 6 nitrogen and oxygen atoms in total. The number of rotatable bonds is 5. The number of anilines is 1. The molecule has 2 aromatic heterocycles. The molecule has 0 saturated carbocycles. The summed E-state index contributed by atoms with van der Waals surface area (Å²) >= 11 is 1.39. The summed E-state index contributed by atoms with van der Waals surface area (Å²) in [7, 11) is 0. The van der Waals surface area contributed by atoms with E-state index < -0.39 is 0 Å². The van der Waals surface area contributed by atoms with E-state index in [1.165, 1.54) is 23.7 Å². The zero-order valence-electron chi connectivity index (χ0n) is 18.1. The van der Waals surface area contributed by atoms with Crippen molar-refractivity contribution in [3.05, 3.63) is 72.2 Å². The molecule has 7 heteroatoms. The SMILES string of the molecule is Cc1ccc(-n2ncc3c(SCC(=O)Nc4ccccc4C(C)(C)C)ncnc32)cc1. The number of hydrogen-bond acceptors (Lipinski definition) is 5. The number of thioether (sulfide) groups is 1. The van der Waals surface area contributed by atoms with E-state index in [4.69, 9.17) is 0 Å². The van der Waals surface area contributed by atoms with Gasteiger partial charge in [0.2, 0.25) is 5.91 Å². The van der Waals surface area contributed by atoms with Crippen molar-refractivity contribution >= 4 is 34.4 Å². The van der Waals surface area contributed by atoms with Gasteiger partial charge in [0.1, 0.15) is 11.4 Å². The molecule has 0 radical (unpaired) electrons. The van der Waals surface area contributed by atoms with Crippen molar-refractivity contribution in [2.24, 2.45) is 0 Å². The number of hydrogen-bond donors (Lipinski definition) is 1. The van der Waals surface area contributed by atoms with E-state index in [-0.39, 0.29) is 17.1 Å². The summed E-state index contributed by atoms with van der Waals surface area (Å²) in [5.74, 6) is 0.180. The molecule has 0 spiro atoms.